The fourth-order valence-electron chi connectivity index (χ4n) is 3.74. The quantitative estimate of drug-likeness (QED) is 0.358. The number of hydrogen-bond acceptors (Lipinski definition) is 7. The van der Waals surface area contributed by atoms with Gasteiger partial charge in [-0.1, -0.05) is 0 Å². The molecule has 3 N–H and O–H groups in total. The summed E-state index contributed by atoms with van der Waals surface area (Å²) in [6.45, 7) is 2.35. The number of nitrogens with one attached hydrogen (secondary N) is 3. The van der Waals surface area contributed by atoms with Gasteiger partial charge in [-0.2, -0.15) is 14.5 Å². The van der Waals surface area contributed by atoms with Crippen molar-refractivity contribution in [2.24, 2.45) is 5.10 Å². The van der Waals surface area contributed by atoms with Gasteiger partial charge in [0.05, 0.1) is 24.5 Å². The largest absolute Gasteiger partial charge is 0.312 e. The van der Waals surface area contributed by atoms with Crippen molar-refractivity contribution in [3.05, 3.63) is 29.5 Å². The number of hydrogen-bond donors (Lipinski definition) is 3. The minimum absolute atomic E-state index is 0.0263. The molecule has 9 nitrogen and oxygen atoms in total. The predicted molar refractivity (Wildman–Crippen MR) is 112 cm³/mol. The monoisotopic (exact) mass is 441 g/mol. The van der Waals surface area contributed by atoms with E-state index in [1.807, 2.05) is 19.1 Å². The van der Waals surface area contributed by atoms with Gasteiger partial charge in [-0.3, -0.25) is 10.00 Å². The zero-order chi connectivity index (χ0) is 22.1. The molecule has 2 aromatic rings. The Bertz CT molecular complexity index is 1060. The molecule has 1 aliphatic heterocycles. The molecule has 2 heterocycles. The third-order valence-electron chi connectivity index (χ3n) is 5.07. The summed E-state index contributed by atoms with van der Waals surface area (Å²) in [4.78, 5) is 1.61. The Morgan fingerprint density at radius 3 is 2.83 bits per heavy atom. The number of alkyl halides is 2. The first-order valence-corrected chi connectivity index (χ1v) is 10.8. The average Bonchev–Trinajstić information content (AvgIpc) is 3.11. The van der Waals surface area contributed by atoms with Crippen molar-refractivity contribution in [1.82, 2.24) is 24.8 Å². The highest BCUT2D eigenvalue weighted by atomic mass is 32.2. The van der Waals surface area contributed by atoms with Crippen molar-refractivity contribution < 1.29 is 17.2 Å². The number of hydrazone groups is 1. The van der Waals surface area contributed by atoms with Gasteiger partial charge in [0.15, 0.2) is 0 Å². The minimum atomic E-state index is -4.04. The van der Waals surface area contributed by atoms with E-state index in [0.29, 0.717) is 6.21 Å². The molecule has 0 saturated carbocycles. The molecule has 3 rings (SSSR count). The lowest BCUT2D eigenvalue weighted by Crippen LogP contribution is -2.54. The highest BCUT2D eigenvalue weighted by Gasteiger charge is 2.39. The summed E-state index contributed by atoms with van der Waals surface area (Å²) in [5.41, 5.74) is 4.80. The topological polar surface area (TPSA) is 118 Å². The second-order valence-electron chi connectivity index (χ2n) is 7.40. The van der Waals surface area contributed by atoms with E-state index in [1.54, 1.807) is 11.1 Å². The maximum absolute atomic E-state index is 13.9. The molecule has 0 unspecified atom stereocenters. The summed E-state index contributed by atoms with van der Waals surface area (Å²) in [5, 5.41) is 18.3. The fraction of sp³-hybridized carbons (Fsp3) is 0.500. The van der Waals surface area contributed by atoms with Crippen LogP contribution in [0.25, 0.3) is 10.9 Å². The zero-order valence-corrected chi connectivity index (χ0v) is 17.8. The second kappa shape index (κ2) is 8.36. The van der Waals surface area contributed by atoms with Crippen LogP contribution in [0.15, 0.2) is 23.4 Å². The normalized spacial score (nSPS) is 19.9. The van der Waals surface area contributed by atoms with Crippen LogP contribution < -0.4 is 5.43 Å². The molecule has 0 radical (unpaired) electrons. The van der Waals surface area contributed by atoms with Gasteiger partial charge in [-0.05, 0) is 30.2 Å². The molecule has 12 heteroatoms. The summed E-state index contributed by atoms with van der Waals surface area (Å²) in [6.07, 6.45) is 2.30. The SMILES string of the molecule is CN/N=C(\C=N)S(=O)(=O)N1CCN(CC(C)(F)F)[C@@H](c2cc3cn[nH]c3cc2C)C1. The Kier molecular flexibility index (Phi) is 6.20. The molecule has 0 aliphatic carbocycles. The van der Waals surface area contributed by atoms with Gasteiger partial charge in [0.1, 0.15) is 0 Å². The van der Waals surface area contributed by atoms with Crippen molar-refractivity contribution in [2.45, 2.75) is 25.8 Å². The molecule has 164 valence electrons. The zero-order valence-electron chi connectivity index (χ0n) is 17.0. The number of piperazine rings is 1. The van der Waals surface area contributed by atoms with Crippen LogP contribution in [0.3, 0.4) is 0 Å². The van der Waals surface area contributed by atoms with Gasteiger partial charge in [0.2, 0.25) is 5.04 Å². The number of sulfonamides is 1. The van der Waals surface area contributed by atoms with E-state index in [1.165, 1.54) is 11.4 Å². The van der Waals surface area contributed by atoms with E-state index in [4.69, 9.17) is 5.41 Å². The van der Waals surface area contributed by atoms with Crippen LogP contribution in [0.5, 0.6) is 0 Å². The molecule has 0 spiro atoms. The summed E-state index contributed by atoms with van der Waals surface area (Å²) >= 11 is 0. The van der Waals surface area contributed by atoms with E-state index >= 15 is 0 Å². The van der Waals surface area contributed by atoms with Gasteiger partial charge in [0, 0.05) is 45.0 Å². The lowest BCUT2D eigenvalue weighted by Gasteiger charge is -2.42. The maximum Gasteiger partial charge on any atom is 0.263 e. The van der Waals surface area contributed by atoms with Crippen molar-refractivity contribution >= 4 is 32.2 Å². The Balaban J connectivity index is 2.02. The number of halogens is 2. The highest BCUT2D eigenvalue weighted by Crippen LogP contribution is 2.33. The maximum atomic E-state index is 13.9. The molecular formula is C18H25F2N7O2S. The summed E-state index contributed by atoms with van der Waals surface area (Å²) in [5.74, 6) is -2.93. The molecule has 0 amide bonds. The van der Waals surface area contributed by atoms with Crippen molar-refractivity contribution in [3.63, 3.8) is 0 Å². The summed E-state index contributed by atoms with van der Waals surface area (Å²) in [7, 11) is -2.61. The molecule has 0 bridgehead atoms. The molecule has 1 saturated heterocycles. The van der Waals surface area contributed by atoms with E-state index in [2.05, 4.69) is 20.7 Å². The third-order valence-corrected chi connectivity index (χ3v) is 6.82. The smallest absolute Gasteiger partial charge is 0.263 e. The molecule has 1 aliphatic rings. The van der Waals surface area contributed by atoms with Crippen LogP contribution in [0.1, 0.15) is 24.1 Å². The van der Waals surface area contributed by atoms with E-state index < -0.39 is 33.6 Å². The number of H-pyrrole nitrogens is 1. The number of aromatic amines is 1. The second-order valence-corrected chi connectivity index (χ2v) is 9.29. The van der Waals surface area contributed by atoms with Crippen LogP contribution in [0, 0.1) is 12.3 Å². The summed E-state index contributed by atoms with van der Waals surface area (Å²) in [6, 6.07) is 3.15. The van der Waals surface area contributed by atoms with Gasteiger partial charge < -0.3 is 10.8 Å². The van der Waals surface area contributed by atoms with Crippen LogP contribution in [-0.4, -0.2) is 78.2 Å². The number of nitrogens with zero attached hydrogens (tertiary/aromatic N) is 4. The third kappa shape index (κ3) is 4.50. The first-order chi connectivity index (χ1) is 14.1. The van der Waals surface area contributed by atoms with Gasteiger partial charge in [-0.25, -0.2) is 17.2 Å². The number of aryl methyl sites for hydroxylation is 1. The van der Waals surface area contributed by atoms with E-state index in [0.717, 1.165) is 29.0 Å². The molecule has 1 atom stereocenters. The fourth-order valence-corrected chi connectivity index (χ4v) is 5.02. The van der Waals surface area contributed by atoms with E-state index in [-0.39, 0.29) is 19.6 Å². The number of fused-ring (bicyclic) bond motifs is 1. The molecule has 1 aromatic heterocycles. The van der Waals surface area contributed by atoms with E-state index in [9.17, 15) is 17.2 Å². The number of benzene rings is 1. The number of rotatable bonds is 6. The van der Waals surface area contributed by atoms with Gasteiger partial charge in [-0.15, -0.1) is 0 Å². The van der Waals surface area contributed by atoms with Crippen LogP contribution in [-0.2, 0) is 10.0 Å². The molecular weight excluding hydrogens is 416 g/mol. The lowest BCUT2D eigenvalue weighted by atomic mass is 9.96. The highest BCUT2D eigenvalue weighted by molar-refractivity contribution is 8.06. The van der Waals surface area contributed by atoms with Crippen LogP contribution in [0.2, 0.25) is 0 Å². The lowest BCUT2D eigenvalue weighted by molar-refractivity contribution is -0.0372. The standard InChI is InChI=1S/C18H25F2N7O2S/c1-12-6-15-13(9-23-24-15)7-14(12)16-10-27(5-4-26(16)11-18(2,19)20)30(28,29)17(8-21)25-22-3/h6-9,16,21-22H,4-5,10-11H2,1-3H3,(H,23,24)/b21-8?,25-17+/t16-/m1/s1. The van der Waals surface area contributed by atoms with Crippen molar-refractivity contribution in [2.75, 3.05) is 33.2 Å². The first kappa shape index (κ1) is 22.2. The van der Waals surface area contributed by atoms with Crippen molar-refractivity contribution in [1.29, 1.82) is 5.41 Å². The minimum Gasteiger partial charge on any atom is -0.312 e. The average molecular weight is 442 g/mol. The van der Waals surface area contributed by atoms with Crippen molar-refractivity contribution in [3.8, 4) is 0 Å². The summed E-state index contributed by atoms with van der Waals surface area (Å²) < 4.78 is 54.8. The predicted octanol–water partition coefficient (Wildman–Crippen LogP) is 1.70. The Morgan fingerprint density at radius 1 is 1.47 bits per heavy atom. The molecule has 1 fully saturated rings. The van der Waals surface area contributed by atoms with Gasteiger partial charge >= 0.3 is 0 Å². The van der Waals surface area contributed by atoms with Crippen LogP contribution in [0.4, 0.5) is 8.78 Å². The van der Waals surface area contributed by atoms with Crippen LogP contribution >= 0.6 is 0 Å². The Labute approximate surface area is 173 Å². The molecule has 30 heavy (non-hydrogen) atoms. The van der Waals surface area contributed by atoms with Gasteiger partial charge in [0.25, 0.3) is 15.9 Å². The first-order valence-electron chi connectivity index (χ1n) is 9.37. The Morgan fingerprint density at radius 2 is 2.20 bits per heavy atom. The number of aromatic nitrogens is 2. The Hall–Kier alpha value is -2.44. The molecule has 1 aromatic carbocycles.